The third-order valence-electron chi connectivity index (χ3n) is 6.34. The Kier molecular flexibility index (Phi) is 17.3. The molecular formula is C25H51NO2P+. The predicted molar refractivity (Wildman–Crippen MR) is 127 cm³/mol. The van der Waals surface area contributed by atoms with Crippen molar-refractivity contribution in [2.24, 2.45) is 0 Å². The van der Waals surface area contributed by atoms with Crippen molar-refractivity contribution in [3.05, 3.63) is 12.2 Å². The summed E-state index contributed by atoms with van der Waals surface area (Å²) in [5, 5.41) is -0.587. The first-order chi connectivity index (χ1) is 13.8. The molecule has 0 aromatic heterocycles. The summed E-state index contributed by atoms with van der Waals surface area (Å²) in [5.41, 5.74) is 0. The summed E-state index contributed by atoms with van der Waals surface area (Å²) < 4.78 is 12.6. The van der Waals surface area contributed by atoms with Crippen LogP contribution in [0.1, 0.15) is 123 Å². The van der Waals surface area contributed by atoms with Crippen LogP contribution in [0, 0.1) is 0 Å². The van der Waals surface area contributed by atoms with Gasteiger partial charge in [-0.2, -0.15) is 0 Å². The zero-order chi connectivity index (χ0) is 22.0. The van der Waals surface area contributed by atoms with Crippen molar-refractivity contribution in [1.82, 2.24) is 0 Å². The van der Waals surface area contributed by atoms with E-state index in [-0.39, 0.29) is 0 Å². The van der Waals surface area contributed by atoms with E-state index in [1.54, 1.807) is 0 Å². The second kappa shape index (κ2) is 17.4. The molecule has 3 nitrogen and oxygen atoms in total. The van der Waals surface area contributed by atoms with Crippen LogP contribution in [0.25, 0.3) is 0 Å². The molecule has 0 aromatic carbocycles. The number of hydrogen-bond acceptors (Lipinski definition) is 2. The second-order valence-electron chi connectivity index (χ2n) is 9.66. The van der Waals surface area contributed by atoms with E-state index in [0.717, 1.165) is 32.1 Å². The van der Waals surface area contributed by atoms with Gasteiger partial charge in [0.15, 0.2) is 0 Å². The number of rotatable bonds is 20. The average molecular weight is 429 g/mol. The highest BCUT2D eigenvalue weighted by molar-refractivity contribution is 7.38. The third-order valence-corrected chi connectivity index (χ3v) is 8.07. The molecule has 0 N–H and O–H groups in total. The molecule has 0 aromatic rings. The molecule has 2 unspecified atom stereocenters. The van der Waals surface area contributed by atoms with Crippen LogP contribution in [0.5, 0.6) is 0 Å². The summed E-state index contributed by atoms with van der Waals surface area (Å²) in [6, 6.07) is 0. The second-order valence-corrected chi connectivity index (χ2v) is 11.0. The first-order valence-electron chi connectivity index (χ1n) is 12.4. The number of allylic oxidation sites excluding steroid dienone is 2. The fraction of sp³-hybridized carbons (Fsp3) is 0.920. The SMILES string of the molecule is CC/C=C\CCCCCCCCCCCCCCC(CCC)([P+](=O)[O-])[N+](C)(C)C. The van der Waals surface area contributed by atoms with Gasteiger partial charge >= 0.3 is 8.03 Å². The predicted octanol–water partition coefficient (Wildman–Crippen LogP) is 7.72. The van der Waals surface area contributed by atoms with Crippen LogP contribution in [0.15, 0.2) is 12.2 Å². The largest absolute Gasteiger partial charge is 0.590 e. The molecule has 0 radical (unpaired) electrons. The maximum Gasteiger partial charge on any atom is 0.376 e. The van der Waals surface area contributed by atoms with E-state index in [1.807, 2.05) is 21.1 Å². The quantitative estimate of drug-likeness (QED) is 0.0861. The van der Waals surface area contributed by atoms with Crippen molar-refractivity contribution < 1.29 is 13.9 Å². The topological polar surface area (TPSA) is 40.1 Å². The minimum atomic E-state index is -2.42. The fourth-order valence-corrected chi connectivity index (χ4v) is 5.58. The smallest absolute Gasteiger partial charge is 0.376 e. The Morgan fingerprint density at radius 1 is 0.724 bits per heavy atom. The maximum absolute atomic E-state index is 12.1. The summed E-state index contributed by atoms with van der Waals surface area (Å²) in [7, 11) is 3.68. The Hall–Kier alpha value is -0.240. The molecule has 0 aliphatic carbocycles. The van der Waals surface area contributed by atoms with Gasteiger partial charge in [-0.05, 0) is 32.1 Å². The molecule has 172 valence electrons. The summed E-state index contributed by atoms with van der Waals surface area (Å²) in [6.45, 7) is 4.29. The maximum atomic E-state index is 12.1. The lowest BCUT2D eigenvalue weighted by molar-refractivity contribution is -0.910. The number of nitrogens with zero attached hydrogens (tertiary/aromatic N) is 1. The number of hydrogen-bond donors (Lipinski definition) is 0. The Bertz CT molecular complexity index is 431. The Balaban J connectivity index is 3.69. The minimum absolute atomic E-state index is 0.523. The molecule has 0 heterocycles. The van der Waals surface area contributed by atoms with E-state index in [9.17, 15) is 9.46 Å². The van der Waals surface area contributed by atoms with E-state index in [4.69, 9.17) is 0 Å². The fourth-order valence-electron chi connectivity index (χ4n) is 4.35. The zero-order valence-corrected chi connectivity index (χ0v) is 21.3. The average Bonchev–Trinajstić information content (AvgIpc) is 2.65. The molecule has 0 aliphatic heterocycles. The lowest BCUT2D eigenvalue weighted by Crippen LogP contribution is -2.55. The van der Waals surface area contributed by atoms with Gasteiger partial charge in [0.05, 0.1) is 21.1 Å². The highest BCUT2D eigenvalue weighted by Crippen LogP contribution is 2.45. The van der Waals surface area contributed by atoms with Crippen LogP contribution in [0.2, 0.25) is 0 Å². The van der Waals surface area contributed by atoms with Crippen LogP contribution in [0.4, 0.5) is 0 Å². The zero-order valence-electron chi connectivity index (χ0n) is 20.4. The molecule has 0 spiro atoms. The lowest BCUT2D eigenvalue weighted by atomic mass is 9.99. The molecule has 29 heavy (non-hydrogen) atoms. The lowest BCUT2D eigenvalue weighted by Gasteiger charge is -2.39. The molecule has 0 saturated heterocycles. The van der Waals surface area contributed by atoms with Gasteiger partial charge in [-0.25, -0.2) is 0 Å². The summed E-state index contributed by atoms with van der Waals surface area (Å²) >= 11 is 0. The Labute approximate surface area is 183 Å². The van der Waals surface area contributed by atoms with Crippen LogP contribution < -0.4 is 4.89 Å². The molecule has 0 rings (SSSR count). The summed E-state index contributed by atoms with van der Waals surface area (Å²) in [6.07, 6.45) is 25.3. The molecular weight excluding hydrogens is 377 g/mol. The molecule has 0 saturated carbocycles. The van der Waals surface area contributed by atoms with Crippen molar-refractivity contribution in [1.29, 1.82) is 0 Å². The Morgan fingerprint density at radius 2 is 1.17 bits per heavy atom. The highest BCUT2D eigenvalue weighted by atomic mass is 31.1. The number of quaternary nitrogens is 1. The molecule has 0 aliphatic rings. The normalized spacial score (nSPS) is 15.0. The van der Waals surface area contributed by atoms with Gasteiger partial charge in [-0.1, -0.05) is 94.8 Å². The van der Waals surface area contributed by atoms with Gasteiger partial charge in [-0.3, -0.25) is 4.48 Å². The molecule has 4 heteroatoms. The van der Waals surface area contributed by atoms with E-state index >= 15 is 0 Å². The van der Waals surface area contributed by atoms with Crippen LogP contribution in [-0.2, 0) is 4.57 Å². The number of unbranched alkanes of at least 4 members (excludes halogenated alkanes) is 12. The van der Waals surface area contributed by atoms with Crippen molar-refractivity contribution in [2.45, 2.75) is 128 Å². The summed E-state index contributed by atoms with van der Waals surface area (Å²) in [4.78, 5) is 12.1. The highest BCUT2D eigenvalue weighted by Gasteiger charge is 2.53. The van der Waals surface area contributed by atoms with E-state index in [1.165, 1.54) is 77.0 Å². The van der Waals surface area contributed by atoms with Crippen molar-refractivity contribution in [3.8, 4) is 0 Å². The van der Waals surface area contributed by atoms with E-state index < -0.39 is 13.3 Å². The third kappa shape index (κ3) is 12.9. The van der Waals surface area contributed by atoms with Crippen LogP contribution in [0.3, 0.4) is 0 Å². The van der Waals surface area contributed by atoms with Crippen LogP contribution in [-0.4, -0.2) is 30.9 Å². The van der Waals surface area contributed by atoms with Gasteiger partial charge < -0.3 is 4.89 Å². The monoisotopic (exact) mass is 428 g/mol. The van der Waals surface area contributed by atoms with E-state index in [0.29, 0.717) is 4.48 Å². The van der Waals surface area contributed by atoms with Crippen molar-refractivity contribution >= 4 is 8.03 Å². The molecule has 0 fully saturated rings. The van der Waals surface area contributed by atoms with Gasteiger partial charge in [0.1, 0.15) is 0 Å². The Morgan fingerprint density at radius 3 is 1.55 bits per heavy atom. The first-order valence-corrected chi connectivity index (χ1v) is 13.6. The summed E-state index contributed by atoms with van der Waals surface area (Å²) in [5.74, 6) is 0. The minimum Gasteiger partial charge on any atom is -0.590 e. The van der Waals surface area contributed by atoms with E-state index in [2.05, 4.69) is 26.0 Å². The van der Waals surface area contributed by atoms with Gasteiger partial charge in [-0.15, -0.1) is 0 Å². The standard InChI is InChI=1S/C25H51NO2P/c1-6-8-9-10-11-12-13-14-15-16-17-18-19-20-21-22-24-25(23-7-2,29(27)28)26(3,4)5/h8-9H,6-7,10-24H2,1-5H3/q+1/b9-8-. The van der Waals surface area contributed by atoms with Gasteiger partial charge in [0.25, 0.3) is 5.28 Å². The molecule has 0 bridgehead atoms. The van der Waals surface area contributed by atoms with Crippen LogP contribution >= 0.6 is 8.03 Å². The molecule has 0 amide bonds. The van der Waals surface area contributed by atoms with Gasteiger partial charge in [0, 0.05) is 12.8 Å². The van der Waals surface area contributed by atoms with Crippen molar-refractivity contribution in [3.63, 3.8) is 0 Å². The van der Waals surface area contributed by atoms with Gasteiger partial charge in [0.2, 0.25) is 0 Å². The molecule has 2 atom stereocenters. The first kappa shape index (κ1) is 28.8. The van der Waals surface area contributed by atoms with Crippen molar-refractivity contribution in [2.75, 3.05) is 21.1 Å².